The van der Waals surface area contributed by atoms with Gasteiger partial charge in [0.15, 0.2) is 0 Å². The lowest BCUT2D eigenvalue weighted by Crippen LogP contribution is -2.49. The average molecular weight is 722 g/mol. The number of non-ortho nitro benzene ring substituents is 1. The Hall–Kier alpha value is -2.30. The summed E-state index contributed by atoms with van der Waals surface area (Å²) in [6.07, 6.45) is 33.3. The molecule has 50 heavy (non-hydrogen) atoms. The first-order valence-electron chi connectivity index (χ1n) is 20.1. The largest absolute Gasteiger partial charge is 0.387 e. The van der Waals surface area contributed by atoms with Crippen molar-refractivity contribution in [1.29, 1.82) is 0 Å². The number of benzene rings is 1. The molecule has 1 amide bonds. The summed E-state index contributed by atoms with van der Waals surface area (Å²) in [7, 11) is -4.02. The van der Waals surface area contributed by atoms with Gasteiger partial charge in [0, 0.05) is 25.1 Å². The second-order valence-corrected chi connectivity index (χ2v) is 15.8. The lowest BCUT2D eigenvalue weighted by atomic mass is 10.0. The van der Waals surface area contributed by atoms with E-state index in [9.17, 15) is 28.4 Å². The van der Waals surface area contributed by atoms with E-state index in [-0.39, 0.29) is 23.0 Å². The minimum atomic E-state index is -4.02. The molecule has 9 nitrogen and oxygen atoms in total. The van der Waals surface area contributed by atoms with Crippen molar-refractivity contribution in [2.45, 2.75) is 198 Å². The topological polar surface area (TPSA) is 139 Å². The molecule has 0 aromatic heterocycles. The van der Waals surface area contributed by atoms with Gasteiger partial charge in [-0.25, -0.2) is 13.1 Å². The zero-order valence-electron chi connectivity index (χ0n) is 31.6. The van der Waals surface area contributed by atoms with E-state index in [1.807, 2.05) is 6.08 Å². The quantitative estimate of drug-likeness (QED) is 0.0280. The van der Waals surface area contributed by atoms with Crippen molar-refractivity contribution in [2.24, 2.45) is 0 Å². The van der Waals surface area contributed by atoms with E-state index in [1.54, 1.807) is 6.08 Å². The molecule has 0 saturated heterocycles. The van der Waals surface area contributed by atoms with Crippen molar-refractivity contribution >= 4 is 21.6 Å². The Labute approximate surface area is 305 Å². The molecule has 2 atom stereocenters. The second kappa shape index (κ2) is 30.3. The molecule has 1 aromatic carbocycles. The van der Waals surface area contributed by atoms with Gasteiger partial charge in [0.25, 0.3) is 5.69 Å². The second-order valence-electron chi connectivity index (χ2n) is 14.0. The monoisotopic (exact) mass is 722 g/mol. The van der Waals surface area contributed by atoms with Crippen LogP contribution < -0.4 is 10.0 Å². The summed E-state index contributed by atoms with van der Waals surface area (Å²) < 4.78 is 28.3. The summed E-state index contributed by atoms with van der Waals surface area (Å²) in [5, 5.41) is 24.8. The van der Waals surface area contributed by atoms with Crippen LogP contribution in [0.4, 0.5) is 5.69 Å². The predicted molar refractivity (Wildman–Crippen MR) is 207 cm³/mol. The summed E-state index contributed by atoms with van der Waals surface area (Å²) in [5.74, 6) is -0.217. The first-order valence-corrected chi connectivity index (χ1v) is 21.6. The van der Waals surface area contributed by atoms with E-state index >= 15 is 0 Å². The SMILES string of the molecule is CCCCCCCCCCCCC/C=C/[C@@H](O)[C@H](CNS(=O)(=O)c1ccc([N+](=O)[O-])cc1)NC(=O)CCCCCCCCCCCCCCC. The molecule has 10 heteroatoms. The molecule has 0 saturated carbocycles. The van der Waals surface area contributed by atoms with Crippen LogP contribution in [-0.2, 0) is 14.8 Å². The van der Waals surface area contributed by atoms with Crippen LogP contribution in [0.2, 0.25) is 0 Å². The van der Waals surface area contributed by atoms with Gasteiger partial charge in [-0.15, -0.1) is 0 Å². The maximum absolute atomic E-state index is 12.9. The molecule has 3 N–H and O–H groups in total. The molecule has 288 valence electrons. The summed E-state index contributed by atoms with van der Waals surface area (Å²) in [6, 6.07) is 3.76. The number of hydrogen-bond acceptors (Lipinski definition) is 6. The fraction of sp³-hybridized carbons (Fsp3) is 0.775. The summed E-state index contributed by atoms with van der Waals surface area (Å²) in [6.45, 7) is 4.27. The molecule has 0 fully saturated rings. The van der Waals surface area contributed by atoms with Gasteiger partial charge in [-0.2, -0.15) is 0 Å². The minimum absolute atomic E-state index is 0.123. The molecule has 0 heterocycles. The number of aliphatic hydroxyl groups excluding tert-OH is 1. The number of aliphatic hydroxyl groups is 1. The number of nitrogens with zero attached hydrogens (tertiary/aromatic N) is 1. The van der Waals surface area contributed by atoms with E-state index in [0.717, 1.165) is 50.7 Å². The van der Waals surface area contributed by atoms with Crippen molar-refractivity contribution in [3.8, 4) is 0 Å². The number of amides is 1. The van der Waals surface area contributed by atoms with Crippen LogP contribution in [-0.4, -0.2) is 43.0 Å². The fourth-order valence-electron chi connectivity index (χ4n) is 6.17. The lowest BCUT2D eigenvalue weighted by molar-refractivity contribution is -0.384. The highest BCUT2D eigenvalue weighted by Gasteiger charge is 2.23. The number of carbonyl (C=O) groups is 1. The van der Waals surface area contributed by atoms with Crippen molar-refractivity contribution < 1.29 is 23.2 Å². The van der Waals surface area contributed by atoms with Crippen molar-refractivity contribution in [3.05, 3.63) is 46.5 Å². The van der Waals surface area contributed by atoms with E-state index in [1.165, 1.54) is 134 Å². The molecule has 0 unspecified atom stereocenters. The van der Waals surface area contributed by atoms with Crippen LogP contribution in [0.5, 0.6) is 0 Å². The Morgan fingerprint density at radius 3 is 1.58 bits per heavy atom. The fourth-order valence-corrected chi connectivity index (χ4v) is 7.23. The number of hydrogen-bond donors (Lipinski definition) is 3. The number of carbonyl (C=O) groups excluding carboxylic acids is 1. The van der Waals surface area contributed by atoms with Gasteiger partial charge in [0.1, 0.15) is 0 Å². The van der Waals surface area contributed by atoms with Crippen molar-refractivity contribution in [1.82, 2.24) is 10.0 Å². The normalized spacial score (nSPS) is 13.1. The number of rotatable bonds is 34. The molecular weight excluding hydrogens is 651 g/mol. The van der Waals surface area contributed by atoms with Gasteiger partial charge in [-0.3, -0.25) is 14.9 Å². The zero-order chi connectivity index (χ0) is 36.7. The molecule has 0 radical (unpaired) electrons. The molecule has 0 aliphatic heterocycles. The summed E-state index contributed by atoms with van der Waals surface area (Å²) in [4.78, 5) is 23.1. The van der Waals surface area contributed by atoms with Crippen molar-refractivity contribution in [2.75, 3.05) is 6.54 Å². The third-order valence-electron chi connectivity index (χ3n) is 9.42. The van der Waals surface area contributed by atoms with Crippen LogP contribution >= 0.6 is 0 Å². The van der Waals surface area contributed by atoms with Crippen LogP contribution in [0.15, 0.2) is 41.3 Å². The van der Waals surface area contributed by atoms with Crippen LogP contribution in [0, 0.1) is 10.1 Å². The van der Waals surface area contributed by atoms with E-state index in [2.05, 4.69) is 23.9 Å². The molecular formula is C40H71N3O6S. The number of allylic oxidation sites excluding steroid dienone is 1. The first-order chi connectivity index (χ1) is 24.2. The maximum Gasteiger partial charge on any atom is 0.269 e. The average Bonchev–Trinajstić information content (AvgIpc) is 3.10. The van der Waals surface area contributed by atoms with Gasteiger partial charge in [-0.05, 0) is 31.4 Å². The van der Waals surface area contributed by atoms with Gasteiger partial charge >= 0.3 is 0 Å². The number of sulfonamides is 1. The van der Waals surface area contributed by atoms with E-state index < -0.39 is 27.1 Å². The third kappa shape index (κ3) is 24.0. The van der Waals surface area contributed by atoms with Crippen molar-refractivity contribution in [3.63, 3.8) is 0 Å². The number of nitro benzene ring substituents is 1. The number of nitro groups is 1. The molecule has 1 aromatic rings. The van der Waals surface area contributed by atoms with Crippen LogP contribution in [0.25, 0.3) is 0 Å². The maximum atomic E-state index is 12.9. The van der Waals surface area contributed by atoms with Gasteiger partial charge in [-0.1, -0.05) is 167 Å². The molecule has 0 aliphatic carbocycles. The van der Waals surface area contributed by atoms with Gasteiger partial charge in [0.05, 0.1) is 22.0 Å². The summed E-state index contributed by atoms with van der Waals surface area (Å²) >= 11 is 0. The highest BCUT2D eigenvalue weighted by Crippen LogP contribution is 2.17. The zero-order valence-corrected chi connectivity index (χ0v) is 32.4. The first kappa shape index (κ1) is 45.7. The molecule has 1 rings (SSSR count). The van der Waals surface area contributed by atoms with Crippen LogP contribution in [0.1, 0.15) is 181 Å². The highest BCUT2D eigenvalue weighted by molar-refractivity contribution is 7.89. The van der Waals surface area contributed by atoms with E-state index in [0.29, 0.717) is 6.42 Å². The molecule has 0 bridgehead atoms. The minimum Gasteiger partial charge on any atom is -0.387 e. The Bertz CT molecular complexity index is 1130. The standard InChI is InChI=1S/C40H71N3O6S/c1-3-5-7-9-11-13-15-17-19-21-23-25-27-29-39(44)38(35-41-50(48,49)37-33-31-36(32-34-37)43(46)47)42-40(45)30-28-26-24-22-20-18-16-14-12-10-8-6-4-2/h27,29,31-34,38-39,41,44H,3-26,28,30,35H2,1-2H3,(H,42,45)/b29-27+/t38-,39+/m0/s1. The number of nitrogens with one attached hydrogen (secondary N) is 2. The lowest BCUT2D eigenvalue weighted by Gasteiger charge is -2.23. The Morgan fingerprint density at radius 2 is 1.14 bits per heavy atom. The molecule has 0 aliphatic rings. The predicted octanol–water partition coefficient (Wildman–Crippen LogP) is 10.5. The smallest absolute Gasteiger partial charge is 0.269 e. The van der Waals surface area contributed by atoms with Crippen LogP contribution in [0.3, 0.4) is 0 Å². The Kier molecular flexibility index (Phi) is 27.7. The molecule has 0 spiro atoms. The van der Waals surface area contributed by atoms with Gasteiger partial charge < -0.3 is 10.4 Å². The number of unbranched alkanes of at least 4 members (excludes halogenated alkanes) is 23. The van der Waals surface area contributed by atoms with Gasteiger partial charge in [0.2, 0.25) is 15.9 Å². The highest BCUT2D eigenvalue weighted by atomic mass is 32.2. The third-order valence-corrected chi connectivity index (χ3v) is 10.9. The Morgan fingerprint density at radius 1 is 0.720 bits per heavy atom. The van der Waals surface area contributed by atoms with E-state index in [4.69, 9.17) is 0 Å². The Balaban J connectivity index is 2.49. The summed E-state index contributed by atoms with van der Waals surface area (Å²) in [5.41, 5.74) is -0.208.